The molecule has 1 fully saturated rings. The van der Waals surface area contributed by atoms with Crippen LogP contribution in [0.4, 0.5) is 10.6 Å². The van der Waals surface area contributed by atoms with E-state index in [1.165, 1.54) is 81.5 Å². The van der Waals surface area contributed by atoms with E-state index in [4.69, 9.17) is 38.3 Å². The standard InChI is InChI=1S/C42H68N5O13P/c1-4-5-6-7-8-9-10-11-12-13-14-15-16-17-25-54-26-18-27-56-61(53,58-31-55-41(52)59-32(2)3)57-28-36-33(19-23-38(48)49)34(20-24-39(50)51)42(29-43,60-36)37-22-21-35-40(44)45-30-46-47(35)37/h21-22,30,32-34,36H,4-20,23-28,31H2,1-3H3,(H,48,49)(H,50,51)(H2,44,45,46)/t33-,34-,36+,42-,61?/m1/s1. The van der Waals surface area contributed by atoms with Crippen LogP contribution >= 0.6 is 7.82 Å². The van der Waals surface area contributed by atoms with Gasteiger partial charge in [0, 0.05) is 32.0 Å². The summed E-state index contributed by atoms with van der Waals surface area (Å²) in [6.07, 6.45) is 15.6. The number of rotatable bonds is 34. The summed E-state index contributed by atoms with van der Waals surface area (Å²) in [4.78, 5) is 39.6. The minimum atomic E-state index is -4.53. The van der Waals surface area contributed by atoms with Crippen LogP contribution in [-0.4, -0.2) is 88.3 Å². The Morgan fingerprint density at radius 1 is 0.885 bits per heavy atom. The van der Waals surface area contributed by atoms with Crippen molar-refractivity contribution < 1.29 is 61.7 Å². The number of carbonyl (C=O) groups excluding carboxylic acids is 1. The molecule has 5 atom stereocenters. The molecule has 3 rings (SSSR count). The van der Waals surface area contributed by atoms with Crippen molar-refractivity contribution in [1.82, 2.24) is 14.6 Å². The van der Waals surface area contributed by atoms with Crippen molar-refractivity contribution in [2.24, 2.45) is 11.8 Å². The summed E-state index contributed by atoms with van der Waals surface area (Å²) in [6, 6.07) is 5.35. The number of nitrogens with zero attached hydrogens (tertiary/aromatic N) is 4. The minimum absolute atomic E-state index is 0.0513. The second-order valence-corrected chi connectivity index (χ2v) is 17.4. The Hall–Kier alpha value is -3.85. The van der Waals surface area contributed by atoms with Crippen LogP contribution in [0.15, 0.2) is 18.5 Å². The van der Waals surface area contributed by atoms with E-state index >= 15 is 0 Å². The molecule has 0 aliphatic carbocycles. The quantitative estimate of drug-likeness (QED) is 0.0256. The van der Waals surface area contributed by atoms with Crippen LogP contribution in [-0.2, 0) is 52.3 Å². The number of fused-ring (bicyclic) bond motifs is 1. The Morgan fingerprint density at radius 3 is 2.10 bits per heavy atom. The highest BCUT2D eigenvalue weighted by atomic mass is 31.2. The summed E-state index contributed by atoms with van der Waals surface area (Å²) in [7, 11) is -4.53. The van der Waals surface area contributed by atoms with E-state index in [1.807, 2.05) is 0 Å². The normalized spacial score (nSPS) is 19.8. The summed E-state index contributed by atoms with van der Waals surface area (Å²) >= 11 is 0. The average molecular weight is 882 g/mol. The van der Waals surface area contributed by atoms with Crippen molar-refractivity contribution >= 4 is 37.3 Å². The molecule has 4 N–H and O–H groups in total. The van der Waals surface area contributed by atoms with E-state index in [9.17, 15) is 34.4 Å². The monoisotopic (exact) mass is 881 g/mol. The molecule has 344 valence electrons. The first-order valence-corrected chi connectivity index (χ1v) is 23.4. The Balaban J connectivity index is 1.60. The largest absolute Gasteiger partial charge is 0.510 e. The Labute approximate surface area is 359 Å². The summed E-state index contributed by atoms with van der Waals surface area (Å²) < 4.78 is 54.2. The third-order valence-corrected chi connectivity index (χ3v) is 12.1. The van der Waals surface area contributed by atoms with Crippen molar-refractivity contribution in [2.45, 2.75) is 161 Å². The van der Waals surface area contributed by atoms with Crippen molar-refractivity contribution in [3.8, 4) is 6.07 Å². The first-order chi connectivity index (χ1) is 29.4. The number of nitriles is 1. The van der Waals surface area contributed by atoms with Crippen molar-refractivity contribution in [2.75, 3.05) is 39.0 Å². The molecule has 61 heavy (non-hydrogen) atoms. The number of hydrogen-bond acceptors (Lipinski definition) is 15. The molecule has 1 unspecified atom stereocenters. The van der Waals surface area contributed by atoms with Gasteiger partial charge in [0.25, 0.3) is 0 Å². The SMILES string of the molecule is CCCCCCCCCCCCCCCCOCCCOP(=O)(OCOC(=O)OC(C)C)OC[C@@H]1O[C@@](C#N)(c2ccc3c(N)ncnn23)[C@H](CCC(=O)O)[C@H]1CCC(=O)O. The first-order valence-electron chi connectivity index (χ1n) is 21.9. The van der Waals surface area contributed by atoms with Gasteiger partial charge in [0.15, 0.2) is 11.4 Å². The van der Waals surface area contributed by atoms with Gasteiger partial charge in [0.1, 0.15) is 17.9 Å². The third kappa shape index (κ3) is 17.8. The molecule has 0 spiro atoms. The lowest BCUT2D eigenvalue weighted by molar-refractivity contribution is -0.139. The van der Waals surface area contributed by atoms with Gasteiger partial charge in [0.2, 0.25) is 6.79 Å². The maximum absolute atomic E-state index is 14.0. The molecular weight excluding hydrogens is 813 g/mol. The first kappa shape index (κ1) is 51.5. The zero-order chi connectivity index (χ0) is 44.5. The van der Waals surface area contributed by atoms with E-state index in [1.54, 1.807) is 26.0 Å². The third-order valence-electron chi connectivity index (χ3n) is 10.7. The lowest BCUT2D eigenvalue weighted by Gasteiger charge is -2.29. The summed E-state index contributed by atoms with van der Waals surface area (Å²) in [5.74, 6) is -3.85. The molecule has 0 aromatic carbocycles. The molecule has 19 heteroatoms. The molecule has 3 heterocycles. The lowest BCUT2D eigenvalue weighted by atomic mass is 9.74. The number of anilines is 1. The maximum Gasteiger partial charge on any atom is 0.510 e. The molecule has 1 aliphatic rings. The molecule has 18 nitrogen and oxygen atoms in total. The van der Waals surface area contributed by atoms with Gasteiger partial charge in [-0.3, -0.25) is 18.6 Å². The number of aromatic nitrogens is 3. The maximum atomic E-state index is 14.0. The average Bonchev–Trinajstić information content (AvgIpc) is 3.79. The van der Waals surface area contributed by atoms with Crippen LogP contribution in [0.5, 0.6) is 0 Å². The van der Waals surface area contributed by atoms with Gasteiger partial charge in [0.05, 0.1) is 31.1 Å². The number of ether oxygens (including phenoxy) is 4. The van der Waals surface area contributed by atoms with Crippen LogP contribution in [0.25, 0.3) is 5.52 Å². The fourth-order valence-corrected chi connectivity index (χ4v) is 8.72. The molecule has 0 saturated carbocycles. The molecule has 0 radical (unpaired) electrons. The molecule has 1 saturated heterocycles. The van der Waals surface area contributed by atoms with Crippen molar-refractivity contribution in [1.29, 1.82) is 5.26 Å². The number of aliphatic carboxylic acids is 2. The predicted molar refractivity (Wildman–Crippen MR) is 224 cm³/mol. The summed E-state index contributed by atoms with van der Waals surface area (Å²) in [5.41, 5.74) is 4.75. The topological polar surface area (TPSA) is 253 Å². The van der Waals surface area contributed by atoms with Gasteiger partial charge in [-0.05, 0) is 57.6 Å². The minimum Gasteiger partial charge on any atom is -0.481 e. The number of hydrogen-bond donors (Lipinski definition) is 3. The highest BCUT2D eigenvalue weighted by Crippen LogP contribution is 2.54. The Morgan fingerprint density at radius 2 is 1.49 bits per heavy atom. The highest BCUT2D eigenvalue weighted by molar-refractivity contribution is 7.48. The van der Waals surface area contributed by atoms with Crippen molar-refractivity contribution in [3.05, 3.63) is 24.2 Å². The van der Waals surface area contributed by atoms with Crippen LogP contribution in [0.2, 0.25) is 0 Å². The second-order valence-electron chi connectivity index (χ2n) is 15.7. The fraction of sp³-hybridized carbons (Fsp3) is 0.762. The zero-order valence-corrected chi connectivity index (χ0v) is 37.1. The molecule has 2 aromatic rings. The molecule has 0 amide bonds. The highest BCUT2D eigenvalue weighted by Gasteiger charge is 2.58. The molecule has 2 aromatic heterocycles. The van der Waals surface area contributed by atoms with Gasteiger partial charge >= 0.3 is 25.9 Å². The van der Waals surface area contributed by atoms with E-state index < -0.39 is 69.0 Å². The Bertz CT molecular complexity index is 1700. The van der Waals surface area contributed by atoms with Gasteiger partial charge < -0.3 is 34.9 Å². The fourth-order valence-electron chi connectivity index (χ4n) is 7.64. The second kappa shape index (κ2) is 28.0. The summed E-state index contributed by atoms with van der Waals surface area (Å²) in [5, 5.41) is 34.3. The van der Waals surface area contributed by atoms with Gasteiger partial charge in [-0.15, -0.1) is 0 Å². The van der Waals surface area contributed by atoms with Gasteiger partial charge in [-0.2, -0.15) is 10.4 Å². The predicted octanol–water partition coefficient (Wildman–Crippen LogP) is 8.96. The van der Waals surface area contributed by atoms with Crippen LogP contribution in [0.3, 0.4) is 0 Å². The number of carboxylic acids is 2. The number of unbranched alkanes of at least 4 members (excludes halogenated alkanes) is 13. The van der Waals surface area contributed by atoms with E-state index in [-0.39, 0.29) is 43.8 Å². The van der Waals surface area contributed by atoms with Crippen LogP contribution < -0.4 is 5.73 Å². The van der Waals surface area contributed by atoms with Gasteiger partial charge in [-0.1, -0.05) is 90.4 Å². The number of phosphoric acid groups is 1. The lowest BCUT2D eigenvalue weighted by Crippen LogP contribution is -2.35. The smallest absolute Gasteiger partial charge is 0.481 e. The van der Waals surface area contributed by atoms with E-state index in [0.717, 1.165) is 19.3 Å². The number of nitrogen functional groups attached to an aromatic ring is 1. The zero-order valence-electron chi connectivity index (χ0n) is 36.2. The van der Waals surface area contributed by atoms with E-state index in [2.05, 4.69) is 23.1 Å². The number of nitrogens with two attached hydrogens (primary N) is 1. The van der Waals surface area contributed by atoms with E-state index in [0.29, 0.717) is 25.2 Å². The van der Waals surface area contributed by atoms with Crippen LogP contribution in [0.1, 0.15) is 148 Å². The summed E-state index contributed by atoms with van der Waals surface area (Å²) in [6.45, 7) is 4.85. The van der Waals surface area contributed by atoms with Crippen LogP contribution in [0, 0.1) is 23.2 Å². The Kier molecular flexibility index (Phi) is 23.6. The number of carbonyl (C=O) groups is 3. The number of phosphoric ester groups is 1. The number of carboxylic acid groups (broad SMARTS) is 2. The van der Waals surface area contributed by atoms with Crippen molar-refractivity contribution in [3.63, 3.8) is 0 Å². The molecule has 0 bridgehead atoms. The van der Waals surface area contributed by atoms with Gasteiger partial charge in [-0.25, -0.2) is 23.4 Å². The molecular formula is C42H68N5O13P. The molecule has 1 aliphatic heterocycles.